The van der Waals surface area contributed by atoms with Gasteiger partial charge in [0.1, 0.15) is 11.9 Å². The van der Waals surface area contributed by atoms with E-state index in [0.29, 0.717) is 5.56 Å². The van der Waals surface area contributed by atoms with Gasteiger partial charge in [-0.15, -0.1) is 0 Å². The Kier molecular flexibility index (Phi) is 3.30. The zero-order valence-electron chi connectivity index (χ0n) is 6.42. The average molecular weight is 242 g/mol. The molecule has 0 aliphatic carbocycles. The summed E-state index contributed by atoms with van der Waals surface area (Å²) in [4.78, 5) is 0. The maximum atomic E-state index is 9.47. The Morgan fingerprint density at radius 2 is 1.54 bits per heavy atom. The number of halogens is 3. The number of rotatable bonds is 1. The molecule has 0 amide bonds. The first-order chi connectivity index (χ1) is 5.91. The molecule has 0 aliphatic rings. The number of aliphatic hydroxyl groups excluding tert-OH is 1. The molecule has 0 fully saturated rings. The van der Waals surface area contributed by atoms with Crippen molar-refractivity contribution >= 4 is 34.8 Å². The van der Waals surface area contributed by atoms with E-state index in [1.165, 1.54) is 24.3 Å². The summed E-state index contributed by atoms with van der Waals surface area (Å²) in [6, 6.07) is 5.80. The molecule has 2 N–H and O–H groups in total. The molecule has 0 heterocycles. The normalized spacial score (nSPS) is 14.2. The highest BCUT2D eigenvalue weighted by atomic mass is 35.6. The molecular formula is C8H7Cl3O2. The van der Waals surface area contributed by atoms with E-state index in [9.17, 15) is 5.11 Å². The largest absolute Gasteiger partial charge is 0.508 e. The Morgan fingerprint density at radius 1 is 1.08 bits per heavy atom. The van der Waals surface area contributed by atoms with Gasteiger partial charge in [-0.25, -0.2) is 0 Å². The zero-order chi connectivity index (χ0) is 10.1. The minimum absolute atomic E-state index is 0.0975. The van der Waals surface area contributed by atoms with Gasteiger partial charge in [-0.3, -0.25) is 0 Å². The zero-order valence-corrected chi connectivity index (χ0v) is 8.68. The molecule has 0 unspecified atom stereocenters. The topological polar surface area (TPSA) is 40.5 Å². The molecule has 1 aromatic rings. The lowest BCUT2D eigenvalue weighted by Gasteiger charge is -2.18. The summed E-state index contributed by atoms with van der Waals surface area (Å²) in [5, 5.41) is 18.4. The van der Waals surface area contributed by atoms with Gasteiger partial charge in [-0.2, -0.15) is 0 Å². The lowest BCUT2D eigenvalue weighted by molar-refractivity contribution is 0.182. The van der Waals surface area contributed by atoms with Crippen LogP contribution in [0.2, 0.25) is 0 Å². The highest BCUT2D eigenvalue weighted by Gasteiger charge is 2.31. The second-order valence-corrected chi connectivity index (χ2v) is 4.90. The number of aliphatic hydroxyl groups is 1. The third-order valence-electron chi connectivity index (χ3n) is 1.52. The molecule has 2 nitrogen and oxygen atoms in total. The van der Waals surface area contributed by atoms with E-state index in [0.717, 1.165) is 0 Å². The van der Waals surface area contributed by atoms with Crippen molar-refractivity contribution in [1.29, 1.82) is 0 Å². The van der Waals surface area contributed by atoms with Crippen LogP contribution in [0, 0.1) is 0 Å². The second-order valence-electron chi connectivity index (χ2n) is 2.54. The number of phenols is 1. The summed E-state index contributed by atoms with van der Waals surface area (Å²) in [5.74, 6) is 0.0975. The van der Waals surface area contributed by atoms with Gasteiger partial charge in [0.25, 0.3) is 0 Å². The van der Waals surface area contributed by atoms with Gasteiger partial charge in [0.2, 0.25) is 3.79 Å². The quantitative estimate of drug-likeness (QED) is 0.742. The van der Waals surface area contributed by atoms with E-state index in [2.05, 4.69) is 0 Å². The lowest BCUT2D eigenvalue weighted by atomic mass is 10.1. The van der Waals surface area contributed by atoms with E-state index >= 15 is 0 Å². The average Bonchev–Trinajstić information content (AvgIpc) is 2.03. The molecule has 0 saturated carbocycles. The second kappa shape index (κ2) is 3.93. The van der Waals surface area contributed by atoms with Crippen molar-refractivity contribution in [3.63, 3.8) is 0 Å². The number of phenolic OH excluding ortho intramolecular Hbond substituents is 1. The van der Waals surface area contributed by atoms with Gasteiger partial charge < -0.3 is 10.2 Å². The van der Waals surface area contributed by atoms with Crippen molar-refractivity contribution in [1.82, 2.24) is 0 Å². The number of benzene rings is 1. The van der Waals surface area contributed by atoms with Gasteiger partial charge in [-0.1, -0.05) is 46.9 Å². The molecule has 0 spiro atoms. The number of hydrogen-bond acceptors (Lipinski definition) is 2. The van der Waals surface area contributed by atoms with Crippen LogP contribution in [0.4, 0.5) is 0 Å². The van der Waals surface area contributed by atoms with Crippen molar-refractivity contribution in [2.24, 2.45) is 0 Å². The Balaban J connectivity index is 2.90. The highest BCUT2D eigenvalue weighted by Crippen LogP contribution is 2.39. The summed E-state index contributed by atoms with van der Waals surface area (Å²) in [5.41, 5.74) is 0.442. The first kappa shape index (κ1) is 10.9. The SMILES string of the molecule is Oc1ccc([C@@H](O)C(Cl)(Cl)Cl)cc1. The summed E-state index contributed by atoms with van der Waals surface area (Å²) >= 11 is 16.4. The van der Waals surface area contributed by atoms with Gasteiger partial charge >= 0.3 is 0 Å². The van der Waals surface area contributed by atoms with Gasteiger partial charge in [0.15, 0.2) is 0 Å². The minimum atomic E-state index is -1.75. The summed E-state index contributed by atoms with van der Waals surface area (Å²) < 4.78 is -1.75. The van der Waals surface area contributed by atoms with Crippen LogP contribution in [0.15, 0.2) is 24.3 Å². The Hall–Kier alpha value is -0.150. The van der Waals surface area contributed by atoms with Crippen LogP contribution in [-0.2, 0) is 0 Å². The molecule has 0 aliphatic heterocycles. The fourth-order valence-electron chi connectivity index (χ4n) is 0.846. The fraction of sp³-hybridized carbons (Fsp3) is 0.250. The molecule has 1 rings (SSSR count). The summed E-state index contributed by atoms with van der Waals surface area (Å²) in [6.07, 6.45) is -1.20. The van der Waals surface area contributed by atoms with E-state index in [1.807, 2.05) is 0 Å². The third kappa shape index (κ3) is 2.92. The standard InChI is InChI=1S/C8H7Cl3O2/c9-8(10,11)7(13)5-1-3-6(12)4-2-5/h1-4,7,12-13H/t7-/m1/s1. The molecule has 0 bridgehead atoms. The molecule has 0 radical (unpaired) electrons. The predicted octanol–water partition coefficient (Wildman–Crippen LogP) is 2.80. The van der Waals surface area contributed by atoms with Crippen molar-refractivity contribution in [3.8, 4) is 5.75 Å². The van der Waals surface area contributed by atoms with E-state index < -0.39 is 9.90 Å². The molecule has 5 heteroatoms. The molecular weight excluding hydrogens is 234 g/mol. The molecule has 1 atom stereocenters. The molecule has 0 aromatic heterocycles. The molecule has 1 aromatic carbocycles. The summed E-state index contributed by atoms with van der Waals surface area (Å²) in [7, 11) is 0. The molecule has 13 heavy (non-hydrogen) atoms. The van der Waals surface area contributed by atoms with Crippen LogP contribution in [0.3, 0.4) is 0 Å². The maximum Gasteiger partial charge on any atom is 0.220 e. The fourth-order valence-corrected chi connectivity index (χ4v) is 1.22. The van der Waals surface area contributed by atoms with Crippen molar-refractivity contribution in [2.75, 3.05) is 0 Å². The van der Waals surface area contributed by atoms with E-state index in [4.69, 9.17) is 39.9 Å². The van der Waals surface area contributed by atoms with E-state index in [-0.39, 0.29) is 5.75 Å². The van der Waals surface area contributed by atoms with Gasteiger partial charge in [0, 0.05) is 0 Å². The number of hydrogen-bond donors (Lipinski definition) is 2. The van der Waals surface area contributed by atoms with Crippen molar-refractivity contribution in [3.05, 3.63) is 29.8 Å². The maximum absolute atomic E-state index is 9.47. The van der Waals surface area contributed by atoms with E-state index in [1.54, 1.807) is 0 Å². The molecule has 0 saturated heterocycles. The third-order valence-corrected chi connectivity index (χ3v) is 2.14. The number of alkyl halides is 3. The monoisotopic (exact) mass is 240 g/mol. The van der Waals surface area contributed by atoms with Crippen LogP contribution in [-0.4, -0.2) is 14.0 Å². The summed E-state index contributed by atoms with van der Waals surface area (Å²) in [6.45, 7) is 0. The first-order valence-corrected chi connectivity index (χ1v) is 4.58. The van der Waals surface area contributed by atoms with Crippen LogP contribution >= 0.6 is 34.8 Å². The van der Waals surface area contributed by atoms with Crippen molar-refractivity contribution in [2.45, 2.75) is 9.90 Å². The highest BCUT2D eigenvalue weighted by molar-refractivity contribution is 6.68. The van der Waals surface area contributed by atoms with Crippen LogP contribution in [0.1, 0.15) is 11.7 Å². The van der Waals surface area contributed by atoms with Gasteiger partial charge in [0.05, 0.1) is 0 Å². The molecule has 72 valence electrons. The van der Waals surface area contributed by atoms with Gasteiger partial charge in [-0.05, 0) is 17.7 Å². The minimum Gasteiger partial charge on any atom is -0.508 e. The number of aromatic hydroxyl groups is 1. The van der Waals surface area contributed by atoms with Crippen LogP contribution < -0.4 is 0 Å². The van der Waals surface area contributed by atoms with Crippen LogP contribution in [0.5, 0.6) is 5.75 Å². The Labute approximate surface area is 90.7 Å². The van der Waals surface area contributed by atoms with Crippen molar-refractivity contribution < 1.29 is 10.2 Å². The Bertz CT molecular complexity index is 278. The Morgan fingerprint density at radius 3 is 1.92 bits per heavy atom. The lowest BCUT2D eigenvalue weighted by Crippen LogP contribution is -2.16. The van der Waals surface area contributed by atoms with Crippen LogP contribution in [0.25, 0.3) is 0 Å². The first-order valence-electron chi connectivity index (χ1n) is 3.45. The predicted molar refractivity (Wildman–Crippen MR) is 53.4 cm³/mol. The smallest absolute Gasteiger partial charge is 0.220 e.